The van der Waals surface area contributed by atoms with Crippen LogP contribution in [0.15, 0.2) is 39.3 Å². The fourth-order valence-corrected chi connectivity index (χ4v) is 2.13. The molecule has 0 amide bonds. The molecule has 0 aliphatic rings. The van der Waals surface area contributed by atoms with Crippen molar-refractivity contribution in [2.45, 2.75) is 32.2 Å². The van der Waals surface area contributed by atoms with Crippen LogP contribution in [-0.2, 0) is 0 Å². The van der Waals surface area contributed by atoms with Crippen molar-refractivity contribution in [2.75, 3.05) is 0 Å². The molecule has 0 spiro atoms. The molecule has 5 heteroatoms. The highest BCUT2D eigenvalue weighted by molar-refractivity contribution is 5.81. The maximum absolute atomic E-state index is 6.02. The minimum Gasteiger partial charge on any atom is -0.453 e. The second kappa shape index (κ2) is 5.46. The Bertz CT molecular complexity index is 669. The van der Waals surface area contributed by atoms with E-state index in [1.165, 1.54) is 0 Å². The summed E-state index contributed by atoms with van der Waals surface area (Å²) in [5.74, 6) is 1.51. The molecule has 0 fully saturated rings. The van der Waals surface area contributed by atoms with Crippen LogP contribution in [0.1, 0.15) is 38.1 Å². The predicted octanol–water partition coefficient (Wildman–Crippen LogP) is 3.67. The molecule has 3 rings (SSSR count). The number of hydrogen-bond acceptors (Lipinski definition) is 5. The summed E-state index contributed by atoms with van der Waals surface area (Å²) in [6.07, 6.45) is 2.99. The number of nitrogens with two attached hydrogens (primary N) is 1. The van der Waals surface area contributed by atoms with Crippen molar-refractivity contribution < 1.29 is 8.94 Å². The zero-order valence-corrected chi connectivity index (χ0v) is 11.4. The normalized spacial score (nSPS) is 12.9. The van der Waals surface area contributed by atoms with Gasteiger partial charge in [0.25, 0.3) is 0 Å². The molecule has 5 nitrogen and oxygen atoms in total. The zero-order chi connectivity index (χ0) is 13.9. The number of nitrogens with zero attached hydrogens (tertiary/aromatic N) is 2. The Labute approximate surface area is 116 Å². The molecular formula is C15H17N3O2. The SMILES string of the molecule is CCCCC(N)c1nc(-c2cc3ccccc3o2)no1. The molecule has 0 aliphatic carbocycles. The van der Waals surface area contributed by atoms with Crippen LogP contribution in [0.3, 0.4) is 0 Å². The molecule has 104 valence electrons. The van der Waals surface area contributed by atoms with Crippen LogP contribution < -0.4 is 5.73 Å². The minimum atomic E-state index is -0.208. The highest BCUT2D eigenvalue weighted by atomic mass is 16.5. The summed E-state index contributed by atoms with van der Waals surface area (Å²) in [4.78, 5) is 4.33. The molecule has 20 heavy (non-hydrogen) atoms. The first kappa shape index (κ1) is 12.9. The molecule has 1 atom stereocenters. The van der Waals surface area contributed by atoms with Crippen LogP contribution in [0.2, 0.25) is 0 Å². The van der Waals surface area contributed by atoms with Crippen LogP contribution >= 0.6 is 0 Å². The van der Waals surface area contributed by atoms with Gasteiger partial charge in [0, 0.05) is 5.39 Å². The second-order valence-corrected chi connectivity index (χ2v) is 4.85. The molecule has 1 unspecified atom stereocenters. The smallest absolute Gasteiger partial charge is 0.243 e. The summed E-state index contributed by atoms with van der Waals surface area (Å²) >= 11 is 0. The molecule has 3 aromatic rings. The lowest BCUT2D eigenvalue weighted by Crippen LogP contribution is -2.10. The van der Waals surface area contributed by atoms with Gasteiger partial charge < -0.3 is 14.7 Å². The number of fused-ring (bicyclic) bond motifs is 1. The van der Waals surface area contributed by atoms with E-state index in [4.69, 9.17) is 14.7 Å². The summed E-state index contributed by atoms with van der Waals surface area (Å²) in [6, 6.07) is 9.48. The molecule has 0 radical (unpaired) electrons. The number of aromatic nitrogens is 2. The summed E-state index contributed by atoms with van der Waals surface area (Å²) in [5, 5.41) is 4.97. The fourth-order valence-electron chi connectivity index (χ4n) is 2.13. The first-order valence-electron chi connectivity index (χ1n) is 6.86. The van der Waals surface area contributed by atoms with E-state index in [0.717, 1.165) is 30.2 Å². The van der Waals surface area contributed by atoms with Gasteiger partial charge in [-0.2, -0.15) is 4.98 Å². The van der Waals surface area contributed by atoms with Crippen LogP contribution in [0, 0.1) is 0 Å². The average Bonchev–Trinajstić information content (AvgIpc) is 3.10. The molecule has 2 heterocycles. The largest absolute Gasteiger partial charge is 0.453 e. The lowest BCUT2D eigenvalue weighted by atomic mass is 10.1. The molecule has 1 aromatic carbocycles. The first-order valence-corrected chi connectivity index (χ1v) is 6.86. The lowest BCUT2D eigenvalue weighted by Gasteiger charge is -2.03. The van der Waals surface area contributed by atoms with Crippen LogP contribution in [0.4, 0.5) is 0 Å². The van der Waals surface area contributed by atoms with Gasteiger partial charge in [-0.1, -0.05) is 43.1 Å². The van der Waals surface area contributed by atoms with Crippen molar-refractivity contribution in [3.8, 4) is 11.6 Å². The van der Waals surface area contributed by atoms with Gasteiger partial charge in [-0.25, -0.2) is 0 Å². The maximum atomic E-state index is 6.02. The molecule has 2 N–H and O–H groups in total. The fraction of sp³-hybridized carbons (Fsp3) is 0.333. The van der Waals surface area contributed by atoms with Crippen molar-refractivity contribution >= 4 is 11.0 Å². The highest BCUT2D eigenvalue weighted by Gasteiger charge is 2.17. The molecule has 0 saturated heterocycles. The van der Waals surface area contributed by atoms with Crippen molar-refractivity contribution in [3.63, 3.8) is 0 Å². The van der Waals surface area contributed by atoms with Gasteiger partial charge in [-0.3, -0.25) is 0 Å². The molecule has 0 bridgehead atoms. The van der Waals surface area contributed by atoms with Gasteiger partial charge in [0.05, 0.1) is 6.04 Å². The lowest BCUT2D eigenvalue weighted by molar-refractivity contribution is 0.346. The number of furan rings is 1. The molecule has 2 aromatic heterocycles. The van der Waals surface area contributed by atoms with Gasteiger partial charge in [-0.05, 0) is 18.6 Å². The maximum Gasteiger partial charge on any atom is 0.243 e. The standard InChI is InChI=1S/C15H17N3O2/c1-2-3-7-11(16)15-17-14(18-20-15)13-9-10-6-4-5-8-12(10)19-13/h4-6,8-9,11H,2-3,7,16H2,1H3. The van der Waals surface area contributed by atoms with E-state index in [0.29, 0.717) is 17.5 Å². The number of rotatable bonds is 5. The Morgan fingerprint density at radius 1 is 1.30 bits per heavy atom. The number of hydrogen-bond donors (Lipinski definition) is 1. The molecular weight excluding hydrogens is 254 g/mol. The van der Waals surface area contributed by atoms with Gasteiger partial charge in [0.15, 0.2) is 5.76 Å². The van der Waals surface area contributed by atoms with E-state index in [1.54, 1.807) is 0 Å². The second-order valence-electron chi connectivity index (χ2n) is 4.85. The quantitative estimate of drug-likeness (QED) is 0.766. The average molecular weight is 271 g/mol. The third kappa shape index (κ3) is 2.44. The minimum absolute atomic E-state index is 0.208. The topological polar surface area (TPSA) is 78.1 Å². The van der Waals surface area contributed by atoms with Gasteiger partial charge in [-0.15, -0.1) is 0 Å². The number of para-hydroxylation sites is 1. The first-order chi connectivity index (χ1) is 9.78. The number of unbranched alkanes of at least 4 members (excludes halogenated alkanes) is 1. The van der Waals surface area contributed by atoms with E-state index in [1.807, 2.05) is 30.3 Å². The van der Waals surface area contributed by atoms with Gasteiger partial charge in [0.1, 0.15) is 5.58 Å². The van der Waals surface area contributed by atoms with E-state index >= 15 is 0 Å². The van der Waals surface area contributed by atoms with Crippen LogP contribution in [0.25, 0.3) is 22.6 Å². The van der Waals surface area contributed by atoms with Gasteiger partial charge >= 0.3 is 0 Å². The zero-order valence-electron chi connectivity index (χ0n) is 11.4. The Morgan fingerprint density at radius 2 is 2.15 bits per heavy atom. The van der Waals surface area contributed by atoms with Crippen molar-refractivity contribution in [1.82, 2.24) is 10.1 Å². The molecule has 0 saturated carbocycles. The summed E-state index contributed by atoms with van der Waals surface area (Å²) in [5.41, 5.74) is 6.83. The van der Waals surface area contributed by atoms with Crippen LogP contribution in [0.5, 0.6) is 0 Å². The van der Waals surface area contributed by atoms with Crippen molar-refractivity contribution in [2.24, 2.45) is 5.73 Å². The third-order valence-electron chi connectivity index (χ3n) is 3.27. The van der Waals surface area contributed by atoms with Crippen molar-refractivity contribution in [1.29, 1.82) is 0 Å². The van der Waals surface area contributed by atoms with Crippen molar-refractivity contribution in [3.05, 3.63) is 36.2 Å². The number of benzene rings is 1. The Kier molecular flexibility index (Phi) is 3.52. The van der Waals surface area contributed by atoms with E-state index in [9.17, 15) is 0 Å². The van der Waals surface area contributed by atoms with Crippen LogP contribution in [-0.4, -0.2) is 10.1 Å². The Hall–Kier alpha value is -2.14. The summed E-state index contributed by atoms with van der Waals surface area (Å²) in [6.45, 7) is 2.13. The van der Waals surface area contributed by atoms with E-state index in [2.05, 4.69) is 17.1 Å². The highest BCUT2D eigenvalue weighted by Crippen LogP contribution is 2.26. The third-order valence-corrected chi connectivity index (χ3v) is 3.27. The Morgan fingerprint density at radius 3 is 2.95 bits per heavy atom. The monoisotopic (exact) mass is 271 g/mol. The predicted molar refractivity (Wildman–Crippen MR) is 76.0 cm³/mol. The van der Waals surface area contributed by atoms with E-state index in [-0.39, 0.29) is 6.04 Å². The van der Waals surface area contributed by atoms with E-state index < -0.39 is 0 Å². The Balaban J connectivity index is 1.85. The van der Waals surface area contributed by atoms with Gasteiger partial charge in [0.2, 0.25) is 11.7 Å². The molecule has 0 aliphatic heterocycles. The summed E-state index contributed by atoms with van der Waals surface area (Å²) in [7, 11) is 0. The summed E-state index contributed by atoms with van der Waals surface area (Å²) < 4.78 is 10.9.